The molecule has 0 bridgehead atoms. The maximum Gasteiger partial charge on any atom is 0.0433 e. The van der Waals surface area contributed by atoms with Crippen LogP contribution in [0.5, 0.6) is 0 Å². The number of benzene rings is 16. The van der Waals surface area contributed by atoms with Crippen LogP contribution in [-0.2, 0) is 10.8 Å². The van der Waals surface area contributed by atoms with Gasteiger partial charge >= 0.3 is 0 Å². The molecule has 17 aromatic rings. The molecular weight excluding hydrogens is 1110 g/mol. The maximum atomic E-state index is 2.41. The SMILES string of the molecule is CC1(C)c2c(ccc3ccccc23)-c2ccc3cc(-c4cccc(-c5ccc6cc(-c7ccc8ccccc8c7)ccc6c5)c4)ccc3c21.CC1(C)c2cc3ccccc3cc2-c2ccc3cc(-c4cccc(-c5cccc6c5sc5ccccc56)c4)ccc3c21. The summed E-state index contributed by atoms with van der Waals surface area (Å²) in [5.41, 5.74) is 23.6. The molecule has 0 nitrogen and oxygen atoms in total. The molecule has 91 heavy (non-hydrogen) atoms. The highest BCUT2D eigenvalue weighted by molar-refractivity contribution is 7.26. The third-order valence-electron chi connectivity index (χ3n) is 20.3. The number of fused-ring (bicyclic) bond motifs is 18. The number of rotatable bonds is 5. The molecule has 0 radical (unpaired) electrons. The second-order valence-corrected chi connectivity index (χ2v) is 27.4. The molecule has 1 aromatic heterocycles. The highest BCUT2D eigenvalue weighted by Crippen LogP contribution is 2.55. The van der Waals surface area contributed by atoms with E-state index in [9.17, 15) is 0 Å². The summed E-state index contributed by atoms with van der Waals surface area (Å²) in [6.45, 7) is 9.57. The quantitative estimate of drug-likeness (QED) is 0.161. The van der Waals surface area contributed by atoms with Crippen LogP contribution in [0.25, 0.3) is 163 Å². The van der Waals surface area contributed by atoms with Gasteiger partial charge in [-0.2, -0.15) is 0 Å². The molecule has 0 unspecified atom stereocenters. The predicted molar refractivity (Wildman–Crippen MR) is 393 cm³/mol. The average molecular weight is 1180 g/mol. The second kappa shape index (κ2) is 20.4. The number of thiophene rings is 1. The minimum Gasteiger partial charge on any atom is -0.135 e. The molecule has 428 valence electrons. The highest BCUT2D eigenvalue weighted by atomic mass is 32.1. The van der Waals surface area contributed by atoms with Crippen LogP contribution in [0, 0.1) is 0 Å². The first-order valence-corrected chi connectivity index (χ1v) is 32.7. The number of hydrogen-bond donors (Lipinski definition) is 0. The Bertz CT molecular complexity index is 5910. The molecule has 1 heterocycles. The molecule has 2 aliphatic carbocycles. The van der Waals surface area contributed by atoms with Crippen molar-refractivity contribution in [3.8, 4) is 77.9 Å². The van der Waals surface area contributed by atoms with Crippen molar-refractivity contribution < 1.29 is 0 Å². The van der Waals surface area contributed by atoms with Crippen LogP contribution >= 0.6 is 11.3 Å². The summed E-state index contributed by atoms with van der Waals surface area (Å²) in [5.74, 6) is 0. The lowest BCUT2D eigenvalue weighted by Crippen LogP contribution is -2.16. The van der Waals surface area contributed by atoms with Gasteiger partial charge in [-0.15, -0.1) is 11.3 Å². The standard InChI is InChI=1S/C49H34.C41H28S/c1-49(2)47-43-13-6-5-9-32(43)20-24-45(47)46-25-22-42-30-41(21-23-44(42)48(46)49)35-12-7-11-34(27-35)36-16-17-40-29-39(19-18-38(40)28-36)37-15-14-31-8-3-4-10-33(31)26-37;1-41(2)37-24-27-10-4-3-9-26(27)23-36(37)34-20-18-30-22-28(17-19-31(30)39(34)41)25-11-7-12-29(21-25)32-14-8-15-35-33-13-5-6-16-38(33)42-40(32)35/h3-30H,1-2H3;3-24H,1-2H3. The van der Waals surface area contributed by atoms with Gasteiger partial charge in [-0.05, 0) is 225 Å². The van der Waals surface area contributed by atoms with Crippen molar-refractivity contribution in [2.45, 2.75) is 38.5 Å². The minimum absolute atomic E-state index is 0.0570. The Balaban J connectivity index is 0.000000136. The van der Waals surface area contributed by atoms with Crippen molar-refractivity contribution in [2.24, 2.45) is 0 Å². The molecule has 16 aromatic carbocycles. The van der Waals surface area contributed by atoms with Gasteiger partial charge in [-0.3, -0.25) is 0 Å². The normalized spacial score (nSPS) is 13.5. The fraction of sp³-hybridized carbons (Fsp3) is 0.0667. The van der Waals surface area contributed by atoms with Crippen molar-refractivity contribution in [3.63, 3.8) is 0 Å². The fourth-order valence-corrected chi connectivity index (χ4v) is 17.2. The van der Waals surface area contributed by atoms with Crippen molar-refractivity contribution >= 4 is 96.1 Å². The molecule has 19 rings (SSSR count). The molecule has 0 atom stereocenters. The van der Waals surface area contributed by atoms with E-state index in [-0.39, 0.29) is 10.8 Å². The first kappa shape index (κ1) is 53.3. The summed E-state index contributed by atoms with van der Waals surface area (Å²) < 4.78 is 2.70. The Kier molecular flexibility index (Phi) is 12.0. The summed E-state index contributed by atoms with van der Waals surface area (Å²) in [4.78, 5) is 0. The van der Waals surface area contributed by atoms with Gasteiger partial charge in [-0.25, -0.2) is 0 Å². The Morgan fingerprint density at radius 1 is 0.209 bits per heavy atom. The van der Waals surface area contributed by atoms with Crippen LogP contribution in [0.3, 0.4) is 0 Å². The van der Waals surface area contributed by atoms with Crippen molar-refractivity contribution in [1.29, 1.82) is 0 Å². The molecule has 0 N–H and O–H groups in total. The largest absolute Gasteiger partial charge is 0.135 e. The second-order valence-electron chi connectivity index (χ2n) is 26.3. The van der Waals surface area contributed by atoms with Gasteiger partial charge in [0.2, 0.25) is 0 Å². The van der Waals surface area contributed by atoms with Gasteiger partial charge in [0.15, 0.2) is 0 Å². The predicted octanol–water partition coefficient (Wildman–Crippen LogP) is 25.6. The van der Waals surface area contributed by atoms with E-state index in [0.29, 0.717) is 0 Å². The van der Waals surface area contributed by atoms with Gasteiger partial charge in [0.25, 0.3) is 0 Å². The van der Waals surface area contributed by atoms with Crippen molar-refractivity contribution in [2.75, 3.05) is 0 Å². The number of hydrogen-bond acceptors (Lipinski definition) is 1. The Morgan fingerprint density at radius 2 is 0.582 bits per heavy atom. The average Bonchev–Trinajstić information content (AvgIpc) is 1.58. The van der Waals surface area contributed by atoms with E-state index in [2.05, 4.69) is 331 Å². The van der Waals surface area contributed by atoms with E-state index >= 15 is 0 Å². The first-order chi connectivity index (χ1) is 44.6. The van der Waals surface area contributed by atoms with E-state index in [1.165, 1.54) is 185 Å². The molecule has 0 saturated heterocycles. The lowest BCUT2D eigenvalue weighted by Gasteiger charge is -2.24. The lowest BCUT2D eigenvalue weighted by molar-refractivity contribution is 0.667. The zero-order valence-electron chi connectivity index (χ0n) is 51.3. The summed E-state index contributed by atoms with van der Waals surface area (Å²) in [6.07, 6.45) is 0. The zero-order valence-corrected chi connectivity index (χ0v) is 52.1. The smallest absolute Gasteiger partial charge is 0.0433 e. The van der Waals surface area contributed by atoms with Crippen molar-refractivity contribution in [3.05, 3.63) is 326 Å². The van der Waals surface area contributed by atoms with Crippen LogP contribution in [0.2, 0.25) is 0 Å². The van der Waals surface area contributed by atoms with Crippen LogP contribution < -0.4 is 0 Å². The lowest BCUT2D eigenvalue weighted by atomic mass is 9.78. The van der Waals surface area contributed by atoms with Crippen LogP contribution in [0.1, 0.15) is 49.9 Å². The molecule has 1 heteroatoms. The maximum absolute atomic E-state index is 2.41. The molecule has 0 aliphatic heterocycles. The van der Waals surface area contributed by atoms with Crippen molar-refractivity contribution in [1.82, 2.24) is 0 Å². The highest BCUT2D eigenvalue weighted by Gasteiger charge is 2.39. The van der Waals surface area contributed by atoms with E-state index < -0.39 is 0 Å². The zero-order chi connectivity index (χ0) is 60.7. The van der Waals surface area contributed by atoms with Crippen LogP contribution in [0.4, 0.5) is 0 Å². The Labute approximate surface area is 534 Å². The van der Waals surface area contributed by atoms with Gasteiger partial charge < -0.3 is 0 Å². The van der Waals surface area contributed by atoms with E-state index in [1.54, 1.807) is 0 Å². The first-order valence-electron chi connectivity index (χ1n) is 31.9. The van der Waals surface area contributed by atoms with Crippen LogP contribution in [0.15, 0.2) is 303 Å². The van der Waals surface area contributed by atoms with E-state index in [1.807, 2.05) is 11.3 Å². The molecule has 2 aliphatic rings. The Morgan fingerprint density at radius 3 is 1.19 bits per heavy atom. The van der Waals surface area contributed by atoms with Crippen LogP contribution in [-0.4, -0.2) is 0 Å². The topological polar surface area (TPSA) is 0 Å². The summed E-state index contributed by atoms with van der Waals surface area (Å²) in [6, 6.07) is 113. The van der Waals surface area contributed by atoms with Gasteiger partial charge in [0.1, 0.15) is 0 Å². The third kappa shape index (κ3) is 8.56. The molecule has 0 saturated carbocycles. The van der Waals surface area contributed by atoms with Gasteiger partial charge in [0, 0.05) is 31.0 Å². The monoisotopic (exact) mass is 1170 g/mol. The van der Waals surface area contributed by atoms with E-state index in [0.717, 1.165) is 0 Å². The van der Waals surface area contributed by atoms with Gasteiger partial charge in [0.05, 0.1) is 0 Å². The van der Waals surface area contributed by atoms with Gasteiger partial charge in [-0.1, -0.05) is 270 Å². The molecule has 0 amide bonds. The third-order valence-corrected chi connectivity index (χ3v) is 21.6. The summed E-state index contributed by atoms with van der Waals surface area (Å²) in [7, 11) is 0. The molecule has 0 spiro atoms. The molecular formula is C90H62S. The molecule has 0 fully saturated rings. The Hall–Kier alpha value is -10.7. The summed E-state index contributed by atoms with van der Waals surface area (Å²) in [5, 5.41) is 18.3. The summed E-state index contributed by atoms with van der Waals surface area (Å²) >= 11 is 1.89. The fourth-order valence-electron chi connectivity index (χ4n) is 15.9. The van der Waals surface area contributed by atoms with E-state index in [4.69, 9.17) is 0 Å². The minimum atomic E-state index is -0.0845.